The molecule has 1 aliphatic heterocycles. The summed E-state index contributed by atoms with van der Waals surface area (Å²) in [6.45, 7) is 2.34. The second-order valence-corrected chi connectivity index (χ2v) is 6.48. The van der Waals surface area contributed by atoms with Crippen LogP contribution < -0.4 is 15.8 Å². The lowest BCUT2D eigenvalue weighted by molar-refractivity contribution is -0.274. The van der Waals surface area contributed by atoms with Crippen LogP contribution in [0.5, 0.6) is 5.75 Å². The van der Waals surface area contributed by atoms with Crippen LogP contribution in [-0.4, -0.2) is 56.6 Å². The smallest absolute Gasteiger partial charge is 0.406 e. The van der Waals surface area contributed by atoms with Crippen LogP contribution >= 0.6 is 0 Å². The van der Waals surface area contributed by atoms with Crippen LogP contribution in [0.25, 0.3) is 0 Å². The normalized spacial score (nSPS) is 18.0. The SMILES string of the molecule is CN(C)C1(CNC(N)=NCc2ccc(OC(F)(F)F)cc2)CCOCC1. The number of nitrogens with zero attached hydrogens (tertiary/aromatic N) is 2. The number of benzene rings is 1. The molecule has 9 heteroatoms. The maximum atomic E-state index is 12.1. The fourth-order valence-corrected chi connectivity index (χ4v) is 2.82. The van der Waals surface area contributed by atoms with Crippen molar-refractivity contribution in [1.29, 1.82) is 0 Å². The first kappa shape index (κ1) is 20.3. The predicted molar refractivity (Wildman–Crippen MR) is 92.9 cm³/mol. The molecule has 1 saturated heterocycles. The number of hydrogen-bond donors (Lipinski definition) is 2. The summed E-state index contributed by atoms with van der Waals surface area (Å²) in [6, 6.07) is 5.56. The fourth-order valence-electron chi connectivity index (χ4n) is 2.82. The summed E-state index contributed by atoms with van der Waals surface area (Å²) in [5, 5.41) is 3.14. The molecular formula is C17H25F3N4O2. The molecule has 0 unspecified atom stereocenters. The third-order valence-corrected chi connectivity index (χ3v) is 4.56. The first-order valence-corrected chi connectivity index (χ1v) is 8.34. The van der Waals surface area contributed by atoms with E-state index in [1.165, 1.54) is 24.3 Å². The number of likely N-dealkylation sites (N-methyl/N-ethyl adjacent to an activating group) is 1. The van der Waals surface area contributed by atoms with E-state index >= 15 is 0 Å². The number of ether oxygens (including phenoxy) is 2. The van der Waals surface area contributed by atoms with Crippen molar-refractivity contribution >= 4 is 5.96 Å². The van der Waals surface area contributed by atoms with Crippen molar-refractivity contribution in [2.45, 2.75) is 31.3 Å². The van der Waals surface area contributed by atoms with Crippen molar-refractivity contribution in [3.8, 4) is 5.75 Å². The van der Waals surface area contributed by atoms with Crippen LogP contribution in [0, 0.1) is 0 Å². The largest absolute Gasteiger partial charge is 0.573 e. The average Bonchev–Trinajstić information content (AvgIpc) is 2.59. The molecule has 0 radical (unpaired) electrons. The molecule has 1 fully saturated rings. The maximum absolute atomic E-state index is 12.1. The number of guanidine groups is 1. The van der Waals surface area contributed by atoms with Gasteiger partial charge in [0.05, 0.1) is 6.54 Å². The zero-order valence-electron chi connectivity index (χ0n) is 15.0. The Kier molecular flexibility index (Phi) is 6.71. The molecule has 0 bridgehead atoms. The standard InChI is InChI=1S/C17H25F3N4O2/c1-24(2)16(7-9-25-10-8-16)12-23-15(21)22-11-13-3-5-14(6-4-13)26-17(18,19)20/h3-6H,7-12H2,1-2H3,(H3,21,22,23). The lowest BCUT2D eigenvalue weighted by Gasteiger charge is -2.43. The Hall–Kier alpha value is -2.00. The van der Waals surface area contributed by atoms with Gasteiger partial charge in [0.1, 0.15) is 5.75 Å². The lowest BCUT2D eigenvalue weighted by atomic mass is 9.88. The van der Waals surface area contributed by atoms with Gasteiger partial charge in [0, 0.05) is 25.3 Å². The van der Waals surface area contributed by atoms with Gasteiger partial charge in [-0.15, -0.1) is 13.2 Å². The van der Waals surface area contributed by atoms with Crippen molar-refractivity contribution < 1.29 is 22.6 Å². The van der Waals surface area contributed by atoms with Gasteiger partial charge >= 0.3 is 6.36 Å². The van der Waals surface area contributed by atoms with Gasteiger partial charge in [-0.25, -0.2) is 4.99 Å². The Balaban J connectivity index is 1.87. The fraction of sp³-hybridized carbons (Fsp3) is 0.588. The lowest BCUT2D eigenvalue weighted by Crippen LogP contribution is -2.56. The molecule has 0 amide bonds. The molecule has 0 aromatic heterocycles. The highest BCUT2D eigenvalue weighted by molar-refractivity contribution is 5.77. The number of hydrogen-bond acceptors (Lipinski definition) is 4. The number of alkyl halides is 3. The Labute approximate surface area is 151 Å². The van der Waals surface area contributed by atoms with Gasteiger partial charge in [0.15, 0.2) is 5.96 Å². The number of rotatable bonds is 6. The molecule has 146 valence electrons. The van der Waals surface area contributed by atoms with E-state index in [9.17, 15) is 13.2 Å². The molecule has 0 spiro atoms. The highest BCUT2D eigenvalue weighted by Crippen LogP contribution is 2.25. The predicted octanol–water partition coefficient (Wildman–Crippen LogP) is 2.10. The molecule has 6 nitrogen and oxygen atoms in total. The summed E-state index contributed by atoms with van der Waals surface area (Å²) in [4.78, 5) is 6.42. The number of nitrogens with one attached hydrogen (secondary N) is 1. The van der Waals surface area contributed by atoms with E-state index in [4.69, 9.17) is 10.5 Å². The van der Waals surface area contributed by atoms with Crippen molar-refractivity contribution in [2.75, 3.05) is 33.9 Å². The van der Waals surface area contributed by atoms with Crippen molar-refractivity contribution in [3.63, 3.8) is 0 Å². The number of aliphatic imine (C=N–C) groups is 1. The molecule has 26 heavy (non-hydrogen) atoms. The van der Waals surface area contributed by atoms with E-state index in [-0.39, 0.29) is 17.8 Å². The summed E-state index contributed by atoms with van der Waals surface area (Å²) in [7, 11) is 4.07. The zero-order valence-corrected chi connectivity index (χ0v) is 15.0. The van der Waals surface area contributed by atoms with Gasteiger partial charge < -0.3 is 25.4 Å². The Morgan fingerprint density at radius 2 is 1.88 bits per heavy atom. The topological polar surface area (TPSA) is 72.1 Å². The molecule has 0 aliphatic carbocycles. The highest BCUT2D eigenvalue weighted by Gasteiger charge is 2.34. The quantitative estimate of drug-likeness (QED) is 0.589. The Bertz CT molecular complexity index is 597. The number of nitrogens with two attached hydrogens (primary N) is 1. The van der Waals surface area contributed by atoms with E-state index in [0.717, 1.165) is 18.4 Å². The van der Waals surface area contributed by atoms with E-state index in [0.29, 0.717) is 25.7 Å². The zero-order chi connectivity index (χ0) is 19.2. The minimum Gasteiger partial charge on any atom is -0.406 e. The minimum absolute atomic E-state index is 0.0328. The van der Waals surface area contributed by atoms with E-state index in [1.54, 1.807) is 0 Å². The molecule has 1 aromatic carbocycles. The summed E-state index contributed by atoms with van der Waals surface area (Å²) in [6.07, 6.45) is -2.89. The van der Waals surface area contributed by atoms with Gasteiger partial charge in [-0.05, 0) is 44.6 Å². The second-order valence-electron chi connectivity index (χ2n) is 6.48. The summed E-state index contributed by atoms with van der Waals surface area (Å²) in [5.41, 5.74) is 6.63. The van der Waals surface area contributed by atoms with Gasteiger partial charge in [-0.3, -0.25) is 0 Å². The third kappa shape index (κ3) is 6.06. The molecule has 3 N–H and O–H groups in total. The molecule has 2 rings (SSSR count). The van der Waals surface area contributed by atoms with E-state index < -0.39 is 6.36 Å². The molecule has 1 aromatic rings. The first-order valence-electron chi connectivity index (χ1n) is 8.34. The van der Waals surface area contributed by atoms with Crippen LogP contribution in [-0.2, 0) is 11.3 Å². The summed E-state index contributed by atoms with van der Waals surface area (Å²) >= 11 is 0. The van der Waals surface area contributed by atoms with Crippen LogP contribution in [0.15, 0.2) is 29.3 Å². The van der Waals surface area contributed by atoms with Gasteiger partial charge in [0.2, 0.25) is 0 Å². The average molecular weight is 374 g/mol. The molecule has 1 heterocycles. The maximum Gasteiger partial charge on any atom is 0.573 e. The van der Waals surface area contributed by atoms with Gasteiger partial charge in [-0.2, -0.15) is 0 Å². The molecule has 0 saturated carbocycles. The van der Waals surface area contributed by atoms with Crippen molar-refractivity contribution in [2.24, 2.45) is 10.7 Å². The molecule has 0 atom stereocenters. The Morgan fingerprint density at radius 3 is 2.42 bits per heavy atom. The van der Waals surface area contributed by atoms with Crippen molar-refractivity contribution in [1.82, 2.24) is 10.2 Å². The second kappa shape index (κ2) is 8.59. The van der Waals surface area contributed by atoms with Crippen LogP contribution in [0.2, 0.25) is 0 Å². The monoisotopic (exact) mass is 374 g/mol. The molecular weight excluding hydrogens is 349 g/mol. The third-order valence-electron chi connectivity index (χ3n) is 4.56. The van der Waals surface area contributed by atoms with Gasteiger partial charge in [-0.1, -0.05) is 12.1 Å². The van der Waals surface area contributed by atoms with Gasteiger partial charge in [0.25, 0.3) is 0 Å². The summed E-state index contributed by atoms with van der Waals surface area (Å²) < 4.78 is 45.7. The molecule has 1 aliphatic rings. The van der Waals surface area contributed by atoms with E-state index in [1.807, 2.05) is 14.1 Å². The highest BCUT2D eigenvalue weighted by atomic mass is 19.4. The van der Waals surface area contributed by atoms with Crippen LogP contribution in [0.3, 0.4) is 0 Å². The summed E-state index contributed by atoms with van der Waals surface area (Å²) in [5.74, 6) is 0.0390. The van der Waals surface area contributed by atoms with E-state index in [2.05, 4.69) is 19.9 Å². The minimum atomic E-state index is -4.69. The number of halogens is 3. The first-order chi connectivity index (χ1) is 12.2. The van der Waals surface area contributed by atoms with Crippen LogP contribution in [0.4, 0.5) is 13.2 Å². The van der Waals surface area contributed by atoms with Crippen molar-refractivity contribution in [3.05, 3.63) is 29.8 Å². The van der Waals surface area contributed by atoms with Crippen LogP contribution in [0.1, 0.15) is 18.4 Å². The Morgan fingerprint density at radius 1 is 1.27 bits per heavy atom.